The molecule has 0 bridgehead atoms. The summed E-state index contributed by atoms with van der Waals surface area (Å²) >= 11 is 0. The van der Waals surface area contributed by atoms with Gasteiger partial charge in [-0.15, -0.1) is 0 Å². The van der Waals surface area contributed by atoms with E-state index in [0.717, 1.165) is 19.0 Å². The Morgan fingerprint density at radius 2 is 2.05 bits per heavy atom. The maximum atomic E-state index is 11.9. The van der Waals surface area contributed by atoms with Gasteiger partial charge in [-0.2, -0.15) is 0 Å². The Hall–Kier alpha value is -1.55. The number of carbonyl (C=O) groups excluding carboxylic acids is 1. The smallest absolute Gasteiger partial charge is 0.338 e. The first-order chi connectivity index (χ1) is 10.1. The molecular formula is C17H26N2O2. The number of hydrogen-bond donors (Lipinski definition) is 1. The van der Waals surface area contributed by atoms with Gasteiger partial charge in [0.05, 0.1) is 5.56 Å². The van der Waals surface area contributed by atoms with Crippen LogP contribution in [0.3, 0.4) is 0 Å². The minimum atomic E-state index is -0.272. The van der Waals surface area contributed by atoms with E-state index in [9.17, 15) is 4.79 Å². The molecule has 1 aromatic rings. The highest BCUT2D eigenvalue weighted by Crippen LogP contribution is 2.23. The molecule has 1 aromatic carbocycles. The lowest BCUT2D eigenvalue weighted by atomic mass is 9.92. The number of likely N-dealkylation sites (tertiary alicyclic amines) is 1. The van der Waals surface area contributed by atoms with E-state index in [1.54, 1.807) is 24.3 Å². The van der Waals surface area contributed by atoms with Crippen LogP contribution in [0.2, 0.25) is 0 Å². The van der Waals surface area contributed by atoms with Crippen molar-refractivity contribution in [3.63, 3.8) is 0 Å². The number of esters is 1. The van der Waals surface area contributed by atoms with Gasteiger partial charge >= 0.3 is 5.97 Å². The summed E-state index contributed by atoms with van der Waals surface area (Å²) in [5.74, 6) is 0.515. The second-order valence-electron chi connectivity index (χ2n) is 5.95. The zero-order chi connectivity index (χ0) is 15.2. The fourth-order valence-electron chi connectivity index (χ4n) is 2.87. The fraction of sp³-hybridized carbons (Fsp3) is 0.588. The SMILES string of the molecule is CCC1CCC(C)N(CCOC(=O)c2ccc(N)cc2)C1. The number of hydrogen-bond acceptors (Lipinski definition) is 4. The molecule has 0 aromatic heterocycles. The highest BCUT2D eigenvalue weighted by Gasteiger charge is 2.24. The minimum absolute atomic E-state index is 0.272. The molecule has 1 aliphatic rings. The highest BCUT2D eigenvalue weighted by atomic mass is 16.5. The second kappa shape index (κ2) is 7.46. The summed E-state index contributed by atoms with van der Waals surface area (Å²) in [5, 5.41) is 0. The van der Waals surface area contributed by atoms with Crippen LogP contribution < -0.4 is 5.73 Å². The summed E-state index contributed by atoms with van der Waals surface area (Å²) in [4.78, 5) is 14.4. The Labute approximate surface area is 127 Å². The van der Waals surface area contributed by atoms with Gasteiger partial charge in [0.1, 0.15) is 6.61 Å². The molecule has 0 spiro atoms. The maximum Gasteiger partial charge on any atom is 0.338 e. The minimum Gasteiger partial charge on any atom is -0.461 e. The molecule has 1 aliphatic heterocycles. The van der Waals surface area contributed by atoms with Crippen molar-refractivity contribution in [2.24, 2.45) is 5.92 Å². The van der Waals surface area contributed by atoms with E-state index < -0.39 is 0 Å². The van der Waals surface area contributed by atoms with Crippen molar-refractivity contribution in [1.29, 1.82) is 0 Å². The molecule has 2 N–H and O–H groups in total. The van der Waals surface area contributed by atoms with Crippen molar-refractivity contribution in [3.05, 3.63) is 29.8 Å². The Kier molecular flexibility index (Phi) is 5.62. The third-order valence-electron chi connectivity index (χ3n) is 4.44. The molecule has 0 aliphatic carbocycles. The molecule has 0 amide bonds. The first-order valence-corrected chi connectivity index (χ1v) is 7.87. The maximum absolute atomic E-state index is 11.9. The lowest BCUT2D eigenvalue weighted by Crippen LogP contribution is -2.43. The van der Waals surface area contributed by atoms with Gasteiger partial charge in [0.25, 0.3) is 0 Å². The second-order valence-corrected chi connectivity index (χ2v) is 5.95. The van der Waals surface area contributed by atoms with E-state index in [1.807, 2.05) is 0 Å². The standard InChI is InChI=1S/C17H26N2O2/c1-3-14-5-4-13(2)19(12-14)10-11-21-17(20)15-6-8-16(18)9-7-15/h6-9,13-14H,3-5,10-12,18H2,1-2H3. The number of rotatable bonds is 5. The third kappa shape index (κ3) is 4.46. The predicted molar refractivity (Wildman–Crippen MR) is 85.2 cm³/mol. The van der Waals surface area contributed by atoms with E-state index in [-0.39, 0.29) is 5.97 Å². The van der Waals surface area contributed by atoms with Crippen molar-refractivity contribution in [1.82, 2.24) is 4.90 Å². The molecule has 4 nitrogen and oxygen atoms in total. The van der Waals surface area contributed by atoms with E-state index >= 15 is 0 Å². The van der Waals surface area contributed by atoms with Gasteiger partial charge in [0, 0.05) is 24.8 Å². The van der Waals surface area contributed by atoms with Crippen LogP contribution in [0, 0.1) is 5.92 Å². The molecule has 0 saturated carbocycles. The number of ether oxygens (including phenoxy) is 1. The number of nitrogens with two attached hydrogens (primary N) is 1. The monoisotopic (exact) mass is 290 g/mol. The van der Waals surface area contributed by atoms with Crippen molar-refractivity contribution in [3.8, 4) is 0 Å². The summed E-state index contributed by atoms with van der Waals surface area (Å²) in [5.41, 5.74) is 6.82. The van der Waals surface area contributed by atoms with Crippen molar-refractivity contribution in [2.75, 3.05) is 25.4 Å². The molecule has 2 unspecified atom stereocenters. The first kappa shape index (κ1) is 15.8. The Balaban J connectivity index is 1.78. The van der Waals surface area contributed by atoms with Crippen LogP contribution in [0.25, 0.3) is 0 Å². The molecule has 116 valence electrons. The van der Waals surface area contributed by atoms with E-state index in [0.29, 0.717) is 23.9 Å². The summed E-state index contributed by atoms with van der Waals surface area (Å²) < 4.78 is 5.37. The van der Waals surface area contributed by atoms with E-state index in [1.165, 1.54) is 19.3 Å². The van der Waals surface area contributed by atoms with Crippen LogP contribution in [0.5, 0.6) is 0 Å². The quantitative estimate of drug-likeness (QED) is 0.669. The number of nitrogen functional groups attached to an aromatic ring is 1. The summed E-state index contributed by atoms with van der Waals surface area (Å²) in [6, 6.07) is 7.43. The number of benzene rings is 1. The van der Waals surface area contributed by atoms with Gasteiger partial charge in [-0.3, -0.25) is 4.90 Å². The van der Waals surface area contributed by atoms with Gasteiger partial charge in [-0.1, -0.05) is 13.3 Å². The molecule has 0 radical (unpaired) electrons. The average Bonchev–Trinajstić information content (AvgIpc) is 2.49. The van der Waals surface area contributed by atoms with Crippen LogP contribution in [0.4, 0.5) is 5.69 Å². The van der Waals surface area contributed by atoms with Gasteiger partial charge in [-0.25, -0.2) is 4.79 Å². The van der Waals surface area contributed by atoms with Crippen molar-refractivity contribution in [2.45, 2.75) is 39.2 Å². The number of carbonyl (C=O) groups is 1. The topological polar surface area (TPSA) is 55.6 Å². The average molecular weight is 290 g/mol. The molecule has 1 fully saturated rings. The Morgan fingerprint density at radius 3 is 2.71 bits per heavy atom. The van der Waals surface area contributed by atoms with Crippen LogP contribution in [0.1, 0.15) is 43.5 Å². The van der Waals surface area contributed by atoms with Crippen molar-refractivity contribution < 1.29 is 9.53 Å². The zero-order valence-corrected chi connectivity index (χ0v) is 13.0. The lowest BCUT2D eigenvalue weighted by molar-refractivity contribution is 0.0376. The van der Waals surface area contributed by atoms with E-state index in [2.05, 4.69) is 18.7 Å². The van der Waals surface area contributed by atoms with Gasteiger partial charge < -0.3 is 10.5 Å². The number of anilines is 1. The molecule has 4 heteroatoms. The van der Waals surface area contributed by atoms with Crippen molar-refractivity contribution >= 4 is 11.7 Å². The molecule has 2 atom stereocenters. The van der Waals surface area contributed by atoms with Crippen LogP contribution in [0.15, 0.2) is 24.3 Å². The molecule has 21 heavy (non-hydrogen) atoms. The van der Waals surface area contributed by atoms with Crippen LogP contribution in [-0.2, 0) is 4.74 Å². The first-order valence-electron chi connectivity index (χ1n) is 7.87. The molecule has 1 heterocycles. The summed E-state index contributed by atoms with van der Waals surface area (Å²) in [6.07, 6.45) is 3.79. The fourth-order valence-corrected chi connectivity index (χ4v) is 2.87. The zero-order valence-electron chi connectivity index (χ0n) is 13.0. The van der Waals surface area contributed by atoms with Gasteiger partial charge in [-0.05, 0) is 49.9 Å². The molecule has 2 rings (SSSR count). The molecule has 1 saturated heterocycles. The summed E-state index contributed by atoms with van der Waals surface area (Å²) in [7, 11) is 0. The number of nitrogens with zero attached hydrogens (tertiary/aromatic N) is 1. The Bertz CT molecular complexity index is 458. The van der Waals surface area contributed by atoms with Gasteiger partial charge in [0.2, 0.25) is 0 Å². The summed E-state index contributed by atoms with van der Waals surface area (Å²) in [6.45, 7) is 6.90. The van der Waals surface area contributed by atoms with Gasteiger partial charge in [0.15, 0.2) is 0 Å². The molecular weight excluding hydrogens is 264 g/mol. The normalized spacial score (nSPS) is 23.0. The highest BCUT2D eigenvalue weighted by molar-refractivity contribution is 5.89. The Morgan fingerprint density at radius 1 is 1.33 bits per heavy atom. The number of piperidine rings is 1. The lowest BCUT2D eigenvalue weighted by Gasteiger charge is -2.37. The largest absolute Gasteiger partial charge is 0.461 e. The van der Waals surface area contributed by atoms with Crippen LogP contribution in [-0.4, -0.2) is 36.6 Å². The van der Waals surface area contributed by atoms with E-state index in [4.69, 9.17) is 10.5 Å². The predicted octanol–water partition coefficient (Wildman–Crippen LogP) is 2.94. The van der Waals surface area contributed by atoms with Crippen LogP contribution >= 0.6 is 0 Å². The third-order valence-corrected chi connectivity index (χ3v) is 4.44.